The summed E-state index contributed by atoms with van der Waals surface area (Å²) in [4.78, 5) is 72.8. The van der Waals surface area contributed by atoms with Crippen LogP contribution in [0.4, 0.5) is 4.79 Å². The Hall–Kier alpha value is -4.24. The minimum Gasteiger partial charge on any atom is -0.458 e. The van der Waals surface area contributed by atoms with E-state index in [1.165, 1.54) is 31.7 Å². The molecule has 10 atom stereocenters. The van der Waals surface area contributed by atoms with Crippen LogP contribution in [0.3, 0.4) is 0 Å². The van der Waals surface area contributed by atoms with Crippen molar-refractivity contribution in [1.29, 1.82) is 0 Å². The van der Waals surface area contributed by atoms with Gasteiger partial charge in [0.2, 0.25) is 0 Å². The lowest BCUT2D eigenvalue weighted by Gasteiger charge is -2.44. The van der Waals surface area contributed by atoms with Crippen molar-refractivity contribution in [1.82, 2.24) is 14.5 Å². The van der Waals surface area contributed by atoms with Gasteiger partial charge in [-0.15, -0.1) is 0 Å². The fourth-order valence-corrected chi connectivity index (χ4v) is 6.50. The van der Waals surface area contributed by atoms with Crippen LogP contribution in [0.25, 0.3) is 0 Å². The predicted molar refractivity (Wildman–Crippen MR) is 203 cm³/mol. The van der Waals surface area contributed by atoms with E-state index in [2.05, 4.69) is 4.98 Å². The van der Waals surface area contributed by atoms with Gasteiger partial charge in [0, 0.05) is 37.9 Å². The number of likely N-dealkylation sites (N-methyl/N-ethyl adjacent to an activating group) is 1. The van der Waals surface area contributed by atoms with E-state index >= 15 is 0 Å². The van der Waals surface area contributed by atoms with Gasteiger partial charge < -0.3 is 33.3 Å². The Kier molecular flexibility index (Phi) is 17.9. The number of esters is 2. The third kappa shape index (κ3) is 12.6. The molecule has 1 aliphatic heterocycles. The Morgan fingerprint density at radius 2 is 1.69 bits per heavy atom. The number of Topliss-reactive ketones (excluding diaryl/α,β-unsaturated/α-hetero) is 2. The number of methoxy groups -OCH3 is 1. The molecule has 2 heterocycles. The van der Waals surface area contributed by atoms with Crippen LogP contribution in [0.5, 0.6) is 0 Å². The second-order valence-corrected chi connectivity index (χ2v) is 14.4. The highest BCUT2D eigenvalue weighted by atomic mass is 16.7. The summed E-state index contributed by atoms with van der Waals surface area (Å²) in [5.41, 5.74) is 0.712. The number of carbonyl (C=O) groups is 5. The molecular weight excluding hydrogens is 710 g/mol. The van der Waals surface area contributed by atoms with Crippen LogP contribution >= 0.6 is 0 Å². The third-order valence-electron chi connectivity index (χ3n) is 10.00. The van der Waals surface area contributed by atoms with Crippen molar-refractivity contribution in [3.63, 3.8) is 0 Å². The molecule has 0 radical (unpaired) electrons. The average Bonchev–Trinajstić information content (AvgIpc) is 3.73. The standard InChI is InChI=1S/C41H59N3O11/c1-11-32(53-40-37(31(43(8)9)23-27(5)51-40)55-39(48)30-16-14-13-15-17-30)28(6)36(46)29(7)38(47)52-33(12-2)34(54-41(49)44-20-19-42-24-44)22-26(4)35(45)25(3)18-21-50-10/h13-17,19-20,22,24-25,27-29,31-34,37,40H,11-12,18,21,23H2,1-10H3/b26-22+/t25-,27?,28?,29?,31?,32+,33?,34?,37-,40+/m1/s1. The van der Waals surface area contributed by atoms with Crippen molar-refractivity contribution in [2.24, 2.45) is 17.8 Å². The minimum absolute atomic E-state index is 0.171. The van der Waals surface area contributed by atoms with Gasteiger partial charge >= 0.3 is 18.0 Å². The SMILES string of the molecule is CCC(OC(=O)C(C)C(=O)C(C)[C@H](CC)O[C@@H]1OC(C)CC(N(C)C)[C@H]1OC(=O)c1ccccc1)C(/C=C(\C)C(=O)[C@H](C)CCOC)OC(=O)n1ccnc1. The number of ether oxygens (including phenoxy) is 6. The fourth-order valence-electron chi connectivity index (χ4n) is 6.50. The summed E-state index contributed by atoms with van der Waals surface area (Å²) in [6.45, 7) is 12.4. The van der Waals surface area contributed by atoms with E-state index in [9.17, 15) is 24.0 Å². The molecule has 2 aromatic rings. The van der Waals surface area contributed by atoms with E-state index in [1.807, 2.05) is 38.9 Å². The van der Waals surface area contributed by atoms with Crippen molar-refractivity contribution in [2.75, 3.05) is 27.8 Å². The summed E-state index contributed by atoms with van der Waals surface area (Å²) in [5, 5.41) is 0. The molecule has 0 amide bonds. The quantitative estimate of drug-likeness (QED) is 0.0702. The first-order valence-electron chi connectivity index (χ1n) is 19.0. The molecule has 1 aromatic heterocycles. The van der Waals surface area contributed by atoms with Crippen LogP contribution in [0.1, 0.15) is 84.5 Å². The highest BCUT2D eigenvalue weighted by Gasteiger charge is 2.44. The summed E-state index contributed by atoms with van der Waals surface area (Å²) in [6, 6.07) is 8.42. The predicted octanol–water partition coefficient (Wildman–Crippen LogP) is 5.67. The van der Waals surface area contributed by atoms with Gasteiger partial charge in [-0.2, -0.15) is 0 Å². The maximum Gasteiger partial charge on any atom is 0.419 e. The van der Waals surface area contributed by atoms with Gasteiger partial charge in [-0.3, -0.25) is 14.4 Å². The van der Waals surface area contributed by atoms with Gasteiger partial charge in [0.15, 0.2) is 30.1 Å². The summed E-state index contributed by atoms with van der Waals surface area (Å²) in [5.74, 6) is -4.32. The molecular formula is C41H59N3O11. The lowest BCUT2D eigenvalue weighted by atomic mass is 9.89. The molecule has 304 valence electrons. The first-order valence-corrected chi connectivity index (χ1v) is 19.0. The number of rotatable bonds is 20. The second-order valence-electron chi connectivity index (χ2n) is 14.4. The fraction of sp³-hybridized carbons (Fsp3) is 0.610. The zero-order valence-electron chi connectivity index (χ0n) is 33.8. The Morgan fingerprint density at radius 1 is 1.02 bits per heavy atom. The maximum absolute atomic E-state index is 13.9. The van der Waals surface area contributed by atoms with Gasteiger partial charge in [0.05, 0.1) is 23.8 Å². The lowest BCUT2D eigenvalue weighted by Crippen LogP contribution is -2.57. The summed E-state index contributed by atoms with van der Waals surface area (Å²) in [6.07, 6.45) is 1.53. The molecule has 0 aliphatic carbocycles. The Labute approximate surface area is 324 Å². The monoisotopic (exact) mass is 769 g/mol. The van der Waals surface area contributed by atoms with Crippen molar-refractivity contribution in [3.05, 3.63) is 66.3 Å². The van der Waals surface area contributed by atoms with Gasteiger partial charge in [-0.05, 0) is 84.3 Å². The van der Waals surface area contributed by atoms with Gasteiger partial charge in [0.1, 0.15) is 18.3 Å². The number of allylic oxidation sites excluding steroid dienone is 1. The first-order chi connectivity index (χ1) is 26.1. The van der Waals surface area contributed by atoms with Gasteiger partial charge in [0.25, 0.3) is 0 Å². The zero-order valence-corrected chi connectivity index (χ0v) is 33.8. The molecule has 3 rings (SSSR count). The Balaban J connectivity index is 1.79. The van der Waals surface area contributed by atoms with Gasteiger partial charge in [-0.25, -0.2) is 19.1 Å². The van der Waals surface area contributed by atoms with E-state index in [4.69, 9.17) is 28.4 Å². The normalized spacial score (nSPS) is 22.1. The van der Waals surface area contributed by atoms with Crippen LogP contribution in [0, 0.1) is 17.8 Å². The number of benzene rings is 1. The summed E-state index contributed by atoms with van der Waals surface area (Å²) in [7, 11) is 5.34. The van der Waals surface area contributed by atoms with E-state index in [0.717, 1.165) is 4.57 Å². The molecule has 14 nitrogen and oxygen atoms in total. The molecule has 14 heteroatoms. The summed E-state index contributed by atoms with van der Waals surface area (Å²) >= 11 is 0. The van der Waals surface area contributed by atoms with E-state index < -0.39 is 66.4 Å². The second kappa shape index (κ2) is 21.7. The zero-order chi connectivity index (χ0) is 40.8. The summed E-state index contributed by atoms with van der Waals surface area (Å²) < 4.78 is 36.6. The van der Waals surface area contributed by atoms with Crippen molar-refractivity contribution in [3.8, 4) is 0 Å². The minimum atomic E-state index is -1.22. The molecule has 55 heavy (non-hydrogen) atoms. The number of hydrogen-bond acceptors (Lipinski definition) is 13. The smallest absolute Gasteiger partial charge is 0.419 e. The number of nitrogens with zero attached hydrogens (tertiary/aromatic N) is 3. The molecule has 0 N–H and O–H groups in total. The van der Waals surface area contributed by atoms with Crippen LogP contribution in [-0.2, 0) is 42.8 Å². The number of imidazole rings is 1. The highest BCUT2D eigenvalue weighted by molar-refractivity contribution is 6.00. The molecule has 0 bridgehead atoms. The highest BCUT2D eigenvalue weighted by Crippen LogP contribution is 2.31. The number of carbonyl (C=O) groups excluding carboxylic acids is 5. The Morgan fingerprint density at radius 3 is 2.27 bits per heavy atom. The lowest BCUT2D eigenvalue weighted by molar-refractivity contribution is -0.271. The van der Waals surface area contributed by atoms with Crippen LogP contribution in [0.2, 0.25) is 0 Å². The number of aromatic nitrogens is 2. The first kappa shape index (κ1) is 45.2. The van der Waals surface area contributed by atoms with Crippen LogP contribution < -0.4 is 0 Å². The topological polar surface area (TPSA) is 162 Å². The molecule has 1 saturated heterocycles. The molecule has 1 aliphatic rings. The molecule has 1 aromatic carbocycles. The third-order valence-corrected chi connectivity index (χ3v) is 10.00. The average molecular weight is 770 g/mol. The Bertz CT molecular complexity index is 1580. The maximum atomic E-state index is 13.9. The van der Waals surface area contributed by atoms with E-state index in [1.54, 1.807) is 59.1 Å². The van der Waals surface area contributed by atoms with Crippen molar-refractivity contribution >= 4 is 29.6 Å². The van der Waals surface area contributed by atoms with Crippen LogP contribution in [-0.4, -0.2) is 115 Å². The molecule has 6 unspecified atom stereocenters. The van der Waals surface area contributed by atoms with Crippen LogP contribution in [0.15, 0.2) is 60.7 Å². The van der Waals surface area contributed by atoms with Gasteiger partial charge in [-0.1, -0.05) is 45.9 Å². The molecule has 0 saturated carbocycles. The molecule has 0 spiro atoms. The van der Waals surface area contributed by atoms with E-state index in [0.29, 0.717) is 37.0 Å². The molecule has 1 fully saturated rings. The van der Waals surface area contributed by atoms with E-state index in [-0.39, 0.29) is 30.3 Å². The largest absolute Gasteiger partial charge is 0.458 e. The van der Waals surface area contributed by atoms with Crippen molar-refractivity contribution in [2.45, 2.75) is 117 Å². The number of hydrogen-bond donors (Lipinski definition) is 0. The van der Waals surface area contributed by atoms with Crippen molar-refractivity contribution < 1.29 is 52.4 Å². The number of ketones is 2.